The van der Waals surface area contributed by atoms with Gasteiger partial charge < -0.3 is 14.9 Å². The number of carbonyl (C=O) groups excluding carboxylic acids is 3. The van der Waals surface area contributed by atoms with Crippen molar-refractivity contribution in [2.75, 3.05) is 13.1 Å². The monoisotopic (exact) mass is 311 g/mol. The molecule has 2 fully saturated rings. The molecule has 2 saturated heterocycles. The van der Waals surface area contributed by atoms with Crippen LogP contribution in [-0.4, -0.2) is 63.4 Å². The third kappa shape index (κ3) is 2.77. The Bertz CT molecular complexity index is 531. The molecule has 2 aliphatic heterocycles. The summed E-state index contributed by atoms with van der Waals surface area (Å²) in [4.78, 5) is 49.8. The van der Waals surface area contributed by atoms with Crippen molar-refractivity contribution in [1.82, 2.24) is 15.1 Å². The number of urea groups is 1. The Morgan fingerprint density at radius 1 is 1.32 bits per heavy atom. The molecule has 0 aromatic carbocycles. The second-order valence-electron chi connectivity index (χ2n) is 6.41. The number of nitrogens with one attached hydrogen (secondary N) is 1. The fraction of sp³-hybridized carbons (Fsp3) is 0.714. The van der Waals surface area contributed by atoms with Gasteiger partial charge in [0.15, 0.2) is 0 Å². The number of aliphatic carboxylic acids is 1. The van der Waals surface area contributed by atoms with Crippen LogP contribution in [0.25, 0.3) is 0 Å². The Morgan fingerprint density at radius 2 is 1.95 bits per heavy atom. The first kappa shape index (κ1) is 16.3. The van der Waals surface area contributed by atoms with Crippen LogP contribution in [0.5, 0.6) is 0 Å². The van der Waals surface area contributed by atoms with Gasteiger partial charge in [-0.15, -0.1) is 0 Å². The molecule has 2 rings (SSSR count). The van der Waals surface area contributed by atoms with Crippen molar-refractivity contribution >= 4 is 23.8 Å². The van der Waals surface area contributed by atoms with E-state index in [2.05, 4.69) is 5.32 Å². The molecule has 0 saturated carbocycles. The highest BCUT2D eigenvalue weighted by Gasteiger charge is 2.47. The van der Waals surface area contributed by atoms with Gasteiger partial charge in [0.2, 0.25) is 5.91 Å². The maximum absolute atomic E-state index is 12.5. The molecule has 0 bridgehead atoms. The van der Waals surface area contributed by atoms with Crippen molar-refractivity contribution < 1.29 is 24.3 Å². The molecule has 0 aromatic heterocycles. The topological polar surface area (TPSA) is 107 Å². The summed E-state index contributed by atoms with van der Waals surface area (Å²) in [5.41, 5.74) is -1.09. The molecule has 122 valence electrons. The van der Waals surface area contributed by atoms with E-state index in [9.17, 15) is 19.2 Å². The van der Waals surface area contributed by atoms with E-state index in [1.807, 2.05) is 6.92 Å². The van der Waals surface area contributed by atoms with Gasteiger partial charge >= 0.3 is 12.0 Å². The number of amides is 4. The Balaban J connectivity index is 2.09. The van der Waals surface area contributed by atoms with Crippen molar-refractivity contribution in [3.8, 4) is 0 Å². The van der Waals surface area contributed by atoms with E-state index in [0.29, 0.717) is 12.8 Å². The highest BCUT2D eigenvalue weighted by molar-refractivity contribution is 6.07. The molecule has 4 amide bonds. The number of carboxylic acid groups (broad SMARTS) is 1. The lowest BCUT2D eigenvalue weighted by Crippen LogP contribution is -2.54. The van der Waals surface area contributed by atoms with Crippen LogP contribution in [0.4, 0.5) is 4.79 Å². The minimum absolute atomic E-state index is 0.0763. The summed E-state index contributed by atoms with van der Waals surface area (Å²) in [5, 5.41) is 11.3. The maximum atomic E-state index is 12.5. The summed E-state index contributed by atoms with van der Waals surface area (Å²) < 4.78 is 0. The number of hydrogen-bond donors (Lipinski definition) is 2. The molecule has 2 unspecified atom stereocenters. The molecule has 2 heterocycles. The van der Waals surface area contributed by atoms with Crippen LogP contribution in [0.3, 0.4) is 0 Å². The van der Waals surface area contributed by atoms with Crippen molar-refractivity contribution in [3.05, 3.63) is 0 Å². The number of likely N-dealkylation sites (tertiary alicyclic amines) is 1. The van der Waals surface area contributed by atoms with E-state index in [1.165, 1.54) is 9.80 Å². The van der Waals surface area contributed by atoms with Gasteiger partial charge in [-0.1, -0.05) is 0 Å². The molecule has 0 spiro atoms. The van der Waals surface area contributed by atoms with Crippen molar-refractivity contribution in [3.63, 3.8) is 0 Å². The van der Waals surface area contributed by atoms with E-state index >= 15 is 0 Å². The zero-order valence-corrected chi connectivity index (χ0v) is 13.0. The van der Waals surface area contributed by atoms with Crippen molar-refractivity contribution in [1.29, 1.82) is 0 Å². The molecule has 0 aromatic rings. The van der Waals surface area contributed by atoms with Gasteiger partial charge in [-0.25, -0.2) is 4.79 Å². The smallest absolute Gasteiger partial charge is 0.325 e. The lowest BCUT2D eigenvalue weighted by atomic mass is 9.93. The van der Waals surface area contributed by atoms with Gasteiger partial charge in [0.25, 0.3) is 5.91 Å². The molecule has 2 N–H and O–H groups in total. The summed E-state index contributed by atoms with van der Waals surface area (Å²) in [6, 6.07) is -0.671. The lowest BCUT2D eigenvalue weighted by molar-refractivity contribution is -0.147. The largest absolute Gasteiger partial charge is 0.481 e. The fourth-order valence-corrected chi connectivity index (χ4v) is 2.85. The molecule has 2 atom stereocenters. The Kier molecular flexibility index (Phi) is 4.12. The Morgan fingerprint density at radius 3 is 2.45 bits per heavy atom. The molecule has 0 aliphatic carbocycles. The number of imide groups is 1. The highest BCUT2D eigenvalue weighted by Crippen LogP contribution is 2.25. The average molecular weight is 311 g/mol. The van der Waals surface area contributed by atoms with Crippen LogP contribution in [0, 0.1) is 5.92 Å². The number of carboxylic acids is 1. The first-order valence-corrected chi connectivity index (χ1v) is 7.30. The van der Waals surface area contributed by atoms with Crippen LogP contribution in [-0.2, 0) is 14.4 Å². The Hall–Kier alpha value is -2.12. The maximum Gasteiger partial charge on any atom is 0.325 e. The standard InChI is InChI=1S/C14H21N3O5/c1-8-4-5-9(11(19)20)6-16(8)10(18)7-17-13(22)15-12(21)14(17,2)3/h8-9H,4-7H2,1-3H3,(H,19,20)(H,15,21,22). The van der Waals surface area contributed by atoms with E-state index in [-0.39, 0.29) is 25.0 Å². The van der Waals surface area contributed by atoms with Gasteiger partial charge in [0, 0.05) is 12.6 Å². The van der Waals surface area contributed by atoms with E-state index in [4.69, 9.17) is 5.11 Å². The SMILES string of the molecule is CC1CCC(C(=O)O)CN1C(=O)CN1C(=O)NC(=O)C1(C)C. The third-order valence-electron chi connectivity index (χ3n) is 4.54. The number of nitrogens with zero attached hydrogens (tertiary/aromatic N) is 2. The first-order valence-electron chi connectivity index (χ1n) is 7.30. The molecular weight excluding hydrogens is 290 g/mol. The highest BCUT2D eigenvalue weighted by atomic mass is 16.4. The second kappa shape index (κ2) is 5.58. The van der Waals surface area contributed by atoms with Gasteiger partial charge in [-0.2, -0.15) is 0 Å². The molecule has 2 aliphatic rings. The molecule has 0 radical (unpaired) electrons. The minimum Gasteiger partial charge on any atom is -0.481 e. The molecule has 8 heteroatoms. The molecule has 8 nitrogen and oxygen atoms in total. The zero-order chi connectivity index (χ0) is 16.7. The first-order chi connectivity index (χ1) is 10.1. The predicted octanol–water partition coefficient (Wildman–Crippen LogP) is 0.0285. The normalized spacial score (nSPS) is 27.8. The van der Waals surface area contributed by atoms with E-state index in [1.54, 1.807) is 13.8 Å². The van der Waals surface area contributed by atoms with Crippen LogP contribution in [0.1, 0.15) is 33.6 Å². The van der Waals surface area contributed by atoms with Gasteiger partial charge in [0.05, 0.1) is 5.92 Å². The molecule has 22 heavy (non-hydrogen) atoms. The summed E-state index contributed by atoms with van der Waals surface area (Å²) in [5.74, 6) is -2.28. The van der Waals surface area contributed by atoms with Gasteiger partial charge in [0.1, 0.15) is 12.1 Å². The minimum atomic E-state index is -1.09. The van der Waals surface area contributed by atoms with Crippen molar-refractivity contribution in [2.24, 2.45) is 5.92 Å². The van der Waals surface area contributed by atoms with Crippen molar-refractivity contribution in [2.45, 2.75) is 45.2 Å². The summed E-state index contributed by atoms with van der Waals surface area (Å²) in [6.45, 7) is 4.90. The number of hydrogen-bond acceptors (Lipinski definition) is 4. The third-order valence-corrected chi connectivity index (χ3v) is 4.54. The van der Waals surface area contributed by atoms with Gasteiger partial charge in [-0.05, 0) is 33.6 Å². The fourth-order valence-electron chi connectivity index (χ4n) is 2.85. The van der Waals surface area contributed by atoms with Crippen LogP contribution in [0.2, 0.25) is 0 Å². The molecular formula is C14H21N3O5. The summed E-state index contributed by atoms with van der Waals surface area (Å²) in [7, 11) is 0. The van der Waals surface area contributed by atoms with E-state index in [0.717, 1.165) is 0 Å². The average Bonchev–Trinajstić information content (AvgIpc) is 2.61. The van der Waals surface area contributed by atoms with Gasteiger partial charge in [-0.3, -0.25) is 19.7 Å². The summed E-state index contributed by atoms with van der Waals surface area (Å²) >= 11 is 0. The lowest BCUT2D eigenvalue weighted by Gasteiger charge is -2.38. The van der Waals surface area contributed by atoms with Crippen LogP contribution < -0.4 is 5.32 Å². The van der Waals surface area contributed by atoms with Crippen LogP contribution >= 0.6 is 0 Å². The quantitative estimate of drug-likeness (QED) is 0.715. The number of piperidine rings is 1. The Labute approximate surface area is 128 Å². The summed E-state index contributed by atoms with van der Waals surface area (Å²) in [6.07, 6.45) is 1.14. The number of rotatable bonds is 3. The van der Waals surface area contributed by atoms with E-state index < -0.39 is 29.4 Å². The predicted molar refractivity (Wildman–Crippen MR) is 75.9 cm³/mol. The zero-order valence-electron chi connectivity index (χ0n) is 13.0. The second-order valence-corrected chi connectivity index (χ2v) is 6.41. The number of carbonyl (C=O) groups is 4. The van der Waals surface area contributed by atoms with Crippen LogP contribution in [0.15, 0.2) is 0 Å².